The Morgan fingerprint density at radius 2 is 1.42 bits per heavy atom. The minimum atomic E-state index is -0.0702. The van der Waals surface area contributed by atoms with Gasteiger partial charge in [-0.25, -0.2) is 0 Å². The quantitative estimate of drug-likeness (QED) is 0.400. The van der Waals surface area contributed by atoms with E-state index in [9.17, 15) is 9.90 Å². The monoisotopic (exact) mass is 366 g/mol. The van der Waals surface area contributed by atoms with Crippen molar-refractivity contribution in [1.82, 2.24) is 0 Å². The Morgan fingerprint density at radius 3 is 2.00 bits per heavy atom. The van der Waals surface area contributed by atoms with Crippen molar-refractivity contribution in [2.45, 2.75) is 123 Å². The molecule has 0 saturated heterocycles. The van der Waals surface area contributed by atoms with Crippen LogP contribution in [0.1, 0.15) is 111 Å². The fourth-order valence-electron chi connectivity index (χ4n) is 5.20. The average Bonchev–Trinajstić information content (AvgIpc) is 2.62. The predicted molar refractivity (Wildman–Crippen MR) is 107 cm³/mol. The molecule has 152 valence electrons. The summed E-state index contributed by atoms with van der Waals surface area (Å²) in [5.41, 5.74) is 0.342. The highest BCUT2D eigenvalue weighted by Crippen LogP contribution is 2.48. The number of hydrogen-bond donors (Lipinski definition) is 1. The highest BCUT2D eigenvalue weighted by molar-refractivity contribution is 5.69. The summed E-state index contributed by atoms with van der Waals surface area (Å²) in [5, 5.41) is 9.78. The lowest BCUT2D eigenvalue weighted by Gasteiger charge is -2.46. The van der Waals surface area contributed by atoms with E-state index in [1.165, 1.54) is 44.9 Å². The predicted octanol–water partition coefficient (Wildman–Crippen LogP) is 6.03. The van der Waals surface area contributed by atoms with E-state index in [1.54, 1.807) is 0 Å². The lowest BCUT2D eigenvalue weighted by atomic mass is 9.60. The molecule has 0 aromatic heterocycles. The molecule has 0 atom stereocenters. The molecule has 0 amide bonds. The molecule has 2 aliphatic carbocycles. The van der Waals surface area contributed by atoms with Crippen molar-refractivity contribution in [2.75, 3.05) is 0 Å². The van der Waals surface area contributed by atoms with Gasteiger partial charge in [0, 0.05) is 6.42 Å². The van der Waals surface area contributed by atoms with Crippen molar-refractivity contribution in [3.63, 3.8) is 0 Å². The maximum atomic E-state index is 12.1. The Morgan fingerprint density at radius 1 is 0.885 bits per heavy atom. The fourth-order valence-corrected chi connectivity index (χ4v) is 5.20. The maximum Gasteiger partial charge on any atom is 0.306 e. The summed E-state index contributed by atoms with van der Waals surface area (Å²) in [7, 11) is 0. The van der Waals surface area contributed by atoms with Crippen LogP contribution in [0, 0.1) is 17.3 Å². The first-order chi connectivity index (χ1) is 12.4. The molecular formula is C23H42O3. The molecule has 0 radical (unpaired) electrons. The normalized spacial score (nSPS) is 30.2. The molecule has 0 spiro atoms. The van der Waals surface area contributed by atoms with Crippen LogP contribution in [0.15, 0.2) is 0 Å². The van der Waals surface area contributed by atoms with Gasteiger partial charge < -0.3 is 9.84 Å². The van der Waals surface area contributed by atoms with E-state index in [1.807, 2.05) is 0 Å². The molecule has 0 heterocycles. The Balaban J connectivity index is 1.67. The summed E-state index contributed by atoms with van der Waals surface area (Å²) in [6.07, 6.45) is 15.3. The lowest BCUT2D eigenvalue weighted by molar-refractivity contribution is -0.151. The topological polar surface area (TPSA) is 46.5 Å². The van der Waals surface area contributed by atoms with Gasteiger partial charge in [0.15, 0.2) is 0 Å². The Hall–Kier alpha value is -0.570. The number of aliphatic hydroxyl groups excluding tert-OH is 1. The Kier molecular flexibility index (Phi) is 8.93. The van der Waals surface area contributed by atoms with E-state index in [-0.39, 0.29) is 18.2 Å². The molecule has 0 unspecified atom stereocenters. The van der Waals surface area contributed by atoms with Gasteiger partial charge in [0.25, 0.3) is 0 Å². The number of rotatable bonds is 9. The minimum Gasteiger partial charge on any atom is -0.462 e. The maximum absolute atomic E-state index is 12.1. The van der Waals surface area contributed by atoms with Crippen LogP contribution in [0.25, 0.3) is 0 Å². The van der Waals surface area contributed by atoms with E-state index in [0.29, 0.717) is 11.8 Å². The second kappa shape index (κ2) is 10.7. The molecule has 26 heavy (non-hydrogen) atoms. The number of carbonyl (C=O) groups is 1. The van der Waals surface area contributed by atoms with Crippen LogP contribution in [0.3, 0.4) is 0 Å². The zero-order valence-corrected chi connectivity index (χ0v) is 17.5. The molecule has 2 saturated carbocycles. The van der Waals surface area contributed by atoms with Gasteiger partial charge in [-0.05, 0) is 75.0 Å². The SMILES string of the molecule is CCCCCCCC(=O)OC1CCC(C(C)(C)C2CCC(O)CC2)CC1. The number of ether oxygens (including phenoxy) is 1. The van der Waals surface area contributed by atoms with Crippen LogP contribution in [-0.2, 0) is 9.53 Å². The van der Waals surface area contributed by atoms with Crippen molar-refractivity contribution in [3.8, 4) is 0 Å². The number of esters is 1. The summed E-state index contributed by atoms with van der Waals surface area (Å²) >= 11 is 0. The van der Waals surface area contributed by atoms with Crippen molar-refractivity contribution >= 4 is 5.97 Å². The van der Waals surface area contributed by atoms with Crippen molar-refractivity contribution in [1.29, 1.82) is 0 Å². The molecule has 1 N–H and O–H groups in total. The Labute approximate surface area is 161 Å². The molecule has 3 nitrogen and oxygen atoms in total. The summed E-state index contributed by atoms with van der Waals surface area (Å²) < 4.78 is 5.75. The fraction of sp³-hybridized carbons (Fsp3) is 0.957. The molecule has 2 fully saturated rings. The average molecular weight is 367 g/mol. The van der Waals surface area contributed by atoms with E-state index >= 15 is 0 Å². The molecule has 0 bridgehead atoms. The molecular weight excluding hydrogens is 324 g/mol. The van der Waals surface area contributed by atoms with Crippen molar-refractivity contribution in [3.05, 3.63) is 0 Å². The van der Waals surface area contributed by atoms with E-state index in [2.05, 4.69) is 20.8 Å². The third-order valence-electron chi connectivity index (χ3n) is 7.26. The van der Waals surface area contributed by atoms with Crippen molar-refractivity contribution < 1.29 is 14.6 Å². The molecule has 3 heteroatoms. The van der Waals surface area contributed by atoms with Gasteiger partial charge in [0.2, 0.25) is 0 Å². The van der Waals surface area contributed by atoms with Crippen molar-refractivity contribution in [2.24, 2.45) is 17.3 Å². The molecule has 0 aromatic carbocycles. The molecule has 2 aliphatic rings. The summed E-state index contributed by atoms with van der Waals surface area (Å²) in [5.74, 6) is 1.48. The van der Waals surface area contributed by atoms with E-state index < -0.39 is 0 Å². The second-order valence-electron chi connectivity index (χ2n) is 9.45. The van der Waals surface area contributed by atoms with Gasteiger partial charge in [-0.1, -0.05) is 46.5 Å². The number of hydrogen-bond acceptors (Lipinski definition) is 3. The third-order valence-corrected chi connectivity index (χ3v) is 7.26. The van der Waals surface area contributed by atoms with E-state index in [0.717, 1.165) is 50.4 Å². The number of carbonyl (C=O) groups excluding carboxylic acids is 1. The summed E-state index contributed by atoms with van der Waals surface area (Å²) in [4.78, 5) is 12.1. The lowest BCUT2D eigenvalue weighted by Crippen LogP contribution is -2.39. The molecule has 2 rings (SSSR count). The number of unbranched alkanes of at least 4 members (excludes halogenated alkanes) is 4. The summed E-state index contributed by atoms with van der Waals surface area (Å²) in [6.45, 7) is 7.08. The van der Waals surface area contributed by atoms with Gasteiger partial charge >= 0.3 is 5.97 Å². The molecule has 0 aromatic rings. The van der Waals surface area contributed by atoms with Crippen LogP contribution in [0.5, 0.6) is 0 Å². The van der Waals surface area contributed by atoms with Crippen LogP contribution in [0.2, 0.25) is 0 Å². The van der Waals surface area contributed by atoms with Gasteiger partial charge in [-0.2, -0.15) is 0 Å². The first-order valence-electron chi connectivity index (χ1n) is 11.3. The van der Waals surface area contributed by atoms with Crippen LogP contribution >= 0.6 is 0 Å². The highest BCUT2D eigenvalue weighted by Gasteiger charge is 2.40. The second-order valence-corrected chi connectivity index (χ2v) is 9.45. The van der Waals surface area contributed by atoms with Gasteiger partial charge in [0.05, 0.1) is 6.10 Å². The summed E-state index contributed by atoms with van der Waals surface area (Å²) in [6, 6.07) is 0. The standard InChI is InChI=1S/C23H42O3/c1-4-5-6-7-8-9-22(25)26-21-16-12-19(13-17-21)23(2,3)18-10-14-20(24)15-11-18/h18-21,24H,4-17H2,1-3H3. The van der Waals surface area contributed by atoms with Crippen LogP contribution < -0.4 is 0 Å². The van der Waals surface area contributed by atoms with E-state index in [4.69, 9.17) is 4.74 Å². The zero-order valence-electron chi connectivity index (χ0n) is 17.5. The van der Waals surface area contributed by atoms with Gasteiger partial charge in [-0.3, -0.25) is 4.79 Å². The first-order valence-corrected chi connectivity index (χ1v) is 11.3. The Bertz CT molecular complexity index is 402. The van der Waals surface area contributed by atoms with Crippen LogP contribution in [-0.4, -0.2) is 23.3 Å². The van der Waals surface area contributed by atoms with Gasteiger partial charge in [0.1, 0.15) is 6.10 Å². The third kappa shape index (κ3) is 6.55. The largest absolute Gasteiger partial charge is 0.462 e. The van der Waals surface area contributed by atoms with Gasteiger partial charge in [-0.15, -0.1) is 0 Å². The minimum absolute atomic E-state index is 0.0190. The van der Waals surface area contributed by atoms with Crippen LogP contribution in [0.4, 0.5) is 0 Å². The number of aliphatic hydroxyl groups is 1. The highest BCUT2D eigenvalue weighted by atomic mass is 16.5. The molecule has 0 aliphatic heterocycles. The smallest absolute Gasteiger partial charge is 0.306 e. The zero-order chi connectivity index (χ0) is 19.0. The first kappa shape index (κ1) is 21.7.